The van der Waals surface area contributed by atoms with Crippen molar-refractivity contribution in [3.63, 3.8) is 0 Å². The van der Waals surface area contributed by atoms with E-state index in [2.05, 4.69) is 18.3 Å². The van der Waals surface area contributed by atoms with Crippen LogP contribution in [0.25, 0.3) is 0 Å². The molecule has 1 heterocycles. The molecule has 1 aliphatic rings. The molecule has 0 bridgehead atoms. The van der Waals surface area contributed by atoms with Gasteiger partial charge in [0.15, 0.2) is 0 Å². The molecular formula is C17H21NO2. The molecule has 0 saturated heterocycles. The number of furan rings is 1. The van der Waals surface area contributed by atoms with Crippen LogP contribution in [0.1, 0.15) is 42.7 Å². The van der Waals surface area contributed by atoms with Crippen LogP contribution in [0, 0.1) is 0 Å². The third-order valence-electron chi connectivity index (χ3n) is 4.01. The molecule has 3 heteroatoms. The zero-order valence-electron chi connectivity index (χ0n) is 11.8. The Morgan fingerprint density at radius 3 is 3.10 bits per heavy atom. The largest absolute Gasteiger partial charge is 0.508 e. The molecule has 20 heavy (non-hydrogen) atoms. The van der Waals surface area contributed by atoms with E-state index in [-0.39, 0.29) is 0 Å². The fourth-order valence-electron chi connectivity index (χ4n) is 3.11. The summed E-state index contributed by atoms with van der Waals surface area (Å²) in [6, 6.07) is 10.4. The summed E-state index contributed by atoms with van der Waals surface area (Å²) >= 11 is 0. The highest BCUT2D eigenvalue weighted by atomic mass is 16.3. The molecule has 0 fully saturated rings. The number of benzene rings is 1. The predicted octanol–water partition coefficient (Wildman–Crippen LogP) is 3.58. The van der Waals surface area contributed by atoms with E-state index < -0.39 is 0 Å². The monoisotopic (exact) mass is 271 g/mol. The zero-order valence-corrected chi connectivity index (χ0v) is 11.8. The van der Waals surface area contributed by atoms with E-state index in [1.54, 1.807) is 12.3 Å². The van der Waals surface area contributed by atoms with Crippen molar-refractivity contribution in [1.82, 2.24) is 5.32 Å². The topological polar surface area (TPSA) is 45.4 Å². The SMILES string of the molecule is CC(Cc1ccco1)NC1CCCc2cc(O)ccc21. The van der Waals surface area contributed by atoms with Crippen LogP contribution >= 0.6 is 0 Å². The van der Waals surface area contributed by atoms with Gasteiger partial charge in [0.05, 0.1) is 6.26 Å². The second kappa shape index (κ2) is 5.71. The van der Waals surface area contributed by atoms with E-state index in [9.17, 15) is 5.11 Å². The first-order chi connectivity index (χ1) is 9.72. The minimum Gasteiger partial charge on any atom is -0.508 e. The van der Waals surface area contributed by atoms with Crippen molar-refractivity contribution in [3.8, 4) is 5.75 Å². The van der Waals surface area contributed by atoms with Gasteiger partial charge in [0.25, 0.3) is 0 Å². The number of phenols is 1. The Morgan fingerprint density at radius 2 is 2.30 bits per heavy atom. The lowest BCUT2D eigenvalue weighted by Crippen LogP contribution is -2.34. The second-order valence-electron chi connectivity index (χ2n) is 5.68. The fraction of sp³-hybridized carbons (Fsp3) is 0.412. The normalized spacial score (nSPS) is 19.6. The van der Waals surface area contributed by atoms with Gasteiger partial charge in [-0.25, -0.2) is 0 Å². The molecule has 0 spiro atoms. The molecule has 0 radical (unpaired) electrons. The van der Waals surface area contributed by atoms with Crippen LogP contribution < -0.4 is 5.32 Å². The summed E-state index contributed by atoms with van der Waals surface area (Å²) in [4.78, 5) is 0. The molecule has 0 amide bonds. The molecule has 0 saturated carbocycles. The van der Waals surface area contributed by atoms with Gasteiger partial charge in [-0.3, -0.25) is 0 Å². The first kappa shape index (κ1) is 13.3. The number of fused-ring (bicyclic) bond motifs is 1. The fourth-order valence-corrected chi connectivity index (χ4v) is 3.11. The van der Waals surface area contributed by atoms with Gasteiger partial charge in [-0.2, -0.15) is 0 Å². The summed E-state index contributed by atoms with van der Waals surface area (Å²) in [6.07, 6.45) is 6.01. The Morgan fingerprint density at radius 1 is 1.40 bits per heavy atom. The van der Waals surface area contributed by atoms with Gasteiger partial charge in [0.1, 0.15) is 11.5 Å². The van der Waals surface area contributed by atoms with Gasteiger partial charge in [0.2, 0.25) is 0 Å². The number of aryl methyl sites for hydroxylation is 1. The van der Waals surface area contributed by atoms with Crippen molar-refractivity contribution in [2.75, 3.05) is 0 Å². The van der Waals surface area contributed by atoms with Crippen molar-refractivity contribution in [2.24, 2.45) is 0 Å². The third-order valence-corrected chi connectivity index (χ3v) is 4.01. The molecule has 2 atom stereocenters. The standard InChI is InChI=1S/C17H21NO2/c1-12(10-15-5-3-9-20-15)18-17-6-2-4-13-11-14(19)7-8-16(13)17/h3,5,7-9,11-12,17-19H,2,4,6,10H2,1H3. The Labute approximate surface area is 119 Å². The average molecular weight is 271 g/mol. The summed E-state index contributed by atoms with van der Waals surface area (Å²) in [5.41, 5.74) is 2.61. The van der Waals surface area contributed by atoms with E-state index in [0.717, 1.165) is 25.0 Å². The van der Waals surface area contributed by atoms with E-state index in [1.165, 1.54) is 17.5 Å². The molecule has 0 aliphatic heterocycles. The van der Waals surface area contributed by atoms with Crippen LogP contribution in [-0.2, 0) is 12.8 Å². The molecule has 3 rings (SSSR count). The van der Waals surface area contributed by atoms with Crippen molar-refractivity contribution in [3.05, 3.63) is 53.5 Å². The predicted molar refractivity (Wildman–Crippen MR) is 78.8 cm³/mol. The number of hydrogen-bond acceptors (Lipinski definition) is 3. The van der Waals surface area contributed by atoms with Crippen LogP contribution in [0.4, 0.5) is 0 Å². The lowest BCUT2D eigenvalue weighted by Gasteiger charge is -2.29. The molecule has 1 aliphatic carbocycles. The van der Waals surface area contributed by atoms with Crippen LogP contribution in [0.5, 0.6) is 5.75 Å². The second-order valence-corrected chi connectivity index (χ2v) is 5.68. The van der Waals surface area contributed by atoms with Gasteiger partial charge in [0, 0.05) is 18.5 Å². The van der Waals surface area contributed by atoms with Gasteiger partial charge in [-0.05, 0) is 61.6 Å². The smallest absolute Gasteiger partial charge is 0.115 e. The van der Waals surface area contributed by atoms with Crippen LogP contribution in [-0.4, -0.2) is 11.1 Å². The number of hydrogen-bond donors (Lipinski definition) is 2. The summed E-state index contributed by atoms with van der Waals surface area (Å²) in [6.45, 7) is 2.19. The molecule has 2 aromatic rings. The summed E-state index contributed by atoms with van der Waals surface area (Å²) in [5, 5.41) is 13.3. The molecule has 1 aromatic carbocycles. The molecule has 106 valence electrons. The highest BCUT2D eigenvalue weighted by molar-refractivity contribution is 5.38. The van der Waals surface area contributed by atoms with Crippen LogP contribution in [0.2, 0.25) is 0 Å². The van der Waals surface area contributed by atoms with Gasteiger partial charge < -0.3 is 14.8 Å². The maximum atomic E-state index is 9.59. The highest BCUT2D eigenvalue weighted by Crippen LogP contribution is 2.32. The quantitative estimate of drug-likeness (QED) is 0.893. The Bertz CT molecular complexity index is 562. The molecule has 1 aromatic heterocycles. The lowest BCUT2D eigenvalue weighted by molar-refractivity contribution is 0.385. The van der Waals surface area contributed by atoms with Crippen molar-refractivity contribution >= 4 is 0 Å². The van der Waals surface area contributed by atoms with E-state index in [1.807, 2.05) is 18.2 Å². The first-order valence-electron chi connectivity index (χ1n) is 7.32. The molecule has 2 N–H and O–H groups in total. The van der Waals surface area contributed by atoms with Gasteiger partial charge in [-0.1, -0.05) is 6.07 Å². The molecule has 3 nitrogen and oxygen atoms in total. The minimum atomic E-state index is 0.367. The van der Waals surface area contributed by atoms with Crippen molar-refractivity contribution < 1.29 is 9.52 Å². The Hall–Kier alpha value is -1.74. The maximum Gasteiger partial charge on any atom is 0.115 e. The number of phenolic OH excluding ortho intramolecular Hbond substituents is 1. The zero-order chi connectivity index (χ0) is 13.9. The van der Waals surface area contributed by atoms with Crippen LogP contribution in [0.15, 0.2) is 41.0 Å². The maximum absolute atomic E-state index is 9.59. The Kier molecular flexibility index (Phi) is 3.79. The minimum absolute atomic E-state index is 0.367. The van der Waals surface area contributed by atoms with Gasteiger partial charge in [-0.15, -0.1) is 0 Å². The molecule has 2 unspecified atom stereocenters. The van der Waals surface area contributed by atoms with Gasteiger partial charge >= 0.3 is 0 Å². The molecular weight excluding hydrogens is 250 g/mol. The average Bonchev–Trinajstić information content (AvgIpc) is 2.91. The van der Waals surface area contributed by atoms with E-state index >= 15 is 0 Å². The van der Waals surface area contributed by atoms with Crippen molar-refractivity contribution in [2.45, 2.75) is 44.7 Å². The number of aromatic hydroxyl groups is 1. The number of nitrogens with one attached hydrogen (secondary N) is 1. The summed E-state index contributed by atoms with van der Waals surface area (Å²) in [5.74, 6) is 1.39. The van der Waals surface area contributed by atoms with Crippen LogP contribution in [0.3, 0.4) is 0 Å². The third kappa shape index (κ3) is 2.88. The lowest BCUT2D eigenvalue weighted by atomic mass is 9.87. The van der Waals surface area contributed by atoms with E-state index in [4.69, 9.17) is 4.42 Å². The summed E-state index contributed by atoms with van der Waals surface area (Å²) < 4.78 is 5.41. The highest BCUT2D eigenvalue weighted by Gasteiger charge is 2.22. The van der Waals surface area contributed by atoms with E-state index in [0.29, 0.717) is 17.8 Å². The Balaban J connectivity index is 1.69. The number of rotatable bonds is 4. The first-order valence-corrected chi connectivity index (χ1v) is 7.32. The van der Waals surface area contributed by atoms with Crippen molar-refractivity contribution in [1.29, 1.82) is 0 Å². The summed E-state index contributed by atoms with van der Waals surface area (Å²) in [7, 11) is 0.